The number of hydrogen-bond acceptors (Lipinski definition) is 5. The van der Waals surface area contributed by atoms with Crippen LogP contribution in [0.3, 0.4) is 0 Å². The molecule has 0 fully saturated rings. The van der Waals surface area contributed by atoms with Crippen LogP contribution in [0.4, 0.5) is 0 Å². The van der Waals surface area contributed by atoms with Gasteiger partial charge < -0.3 is 5.32 Å². The highest BCUT2D eigenvalue weighted by atomic mass is 32.1. The molecule has 0 unspecified atom stereocenters. The molecule has 3 heterocycles. The molecule has 3 rings (SSSR count). The van der Waals surface area contributed by atoms with E-state index >= 15 is 0 Å². The lowest BCUT2D eigenvalue weighted by Gasteiger charge is -2.04. The number of pyridine rings is 1. The number of nitrogens with one attached hydrogen (secondary N) is 2. The van der Waals surface area contributed by atoms with Gasteiger partial charge in [0.15, 0.2) is 0 Å². The number of thiazole rings is 1. The van der Waals surface area contributed by atoms with Gasteiger partial charge in [0.1, 0.15) is 5.01 Å². The molecular formula is C14H15N5S. The van der Waals surface area contributed by atoms with E-state index in [1.165, 1.54) is 0 Å². The van der Waals surface area contributed by atoms with Crippen molar-refractivity contribution in [3.05, 3.63) is 52.4 Å². The Morgan fingerprint density at radius 2 is 2.25 bits per heavy atom. The predicted molar refractivity (Wildman–Crippen MR) is 79.2 cm³/mol. The van der Waals surface area contributed by atoms with E-state index in [0.29, 0.717) is 0 Å². The molecule has 0 bridgehead atoms. The predicted octanol–water partition coefficient (Wildman–Crippen LogP) is 2.53. The fourth-order valence-electron chi connectivity index (χ4n) is 1.99. The fraction of sp³-hybridized carbons (Fsp3) is 0.214. The molecule has 20 heavy (non-hydrogen) atoms. The van der Waals surface area contributed by atoms with E-state index in [1.807, 2.05) is 31.5 Å². The summed E-state index contributed by atoms with van der Waals surface area (Å²) in [5.74, 6) is 0. The third kappa shape index (κ3) is 2.92. The van der Waals surface area contributed by atoms with Gasteiger partial charge in [-0.1, -0.05) is 0 Å². The van der Waals surface area contributed by atoms with E-state index in [2.05, 4.69) is 30.9 Å². The summed E-state index contributed by atoms with van der Waals surface area (Å²) in [7, 11) is 0. The van der Waals surface area contributed by atoms with E-state index in [1.54, 1.807) is 17.5 Å². The van der Waals surface area contributed by atoms with E-state index in [9.17, 15) is 0 Å². The molecule has 0 spiro atoms. The van der Waals surface area contributed by atoms with Crippen LogP contribution in [0.15, 0.2) is 36.1 Å². The molecule has 0 aromatic carbocycles. The van der Waals surface area contributed by atoms with Crippen LogP contribution in [0, 0.1) is 6.92 Å². The van der Waals surface area contributed by atoms with E-state index in [-0.39, 0.29) is 0 Å². The second-order valence-electron chi connectivity index (χ2n) is 4.50. The Morgan fingerprint density at radius 3 is 3.00 bits per heavy atom. The molecule has 0 saturated carbocycles. The molecule has 0 aliphatic carbocycles. The second kappa shape index (κ2) is 5.94. The van der Waals surface area contributed by atoms with Gasteiger partial charge in [-0.3, -0.25) is 10.1 Å². The average molecular weight is 285 g/mol. The standard InChI is InChI=1S/C14H15N5S/c1-10-9-20-13(18-10)8-16-6-12-7-17-19-14(12)11-3-2-4-15-5-11/h2-5,7,9,16H,6,8H2,1H3,(H,17,19). The molecule has 3 aromatic rings. The number of aromatic nitrogens is 4. The zero-order valence-electron chi connectivity index (χ0n) is 11.1. The topological polar surface area (TPSA) is 66.5 Å². The van der Waals surface area contributed by atoms with Crippen molar-refractivity contribution >= 4 is 11.3 Å². The van der Waals surface area contributed by atoms with Crippen molar-refractivity contribution in [3.8, 4) is 11.3 Å². The Balaban J connectivity index is 1.65. The highest BCUT2D eigenvalue weighted by Gasteiger charge is 2.07. The first kappa shape index (κ1) is 13.0. The van der Waals surface area contributed by atoms with Crippen molar-refractivity contribution in [1.29, 1.82) is 0 Å². The molecule has 0 aliphatic rings. The number of nitrogens with zero attached hydrogens (tertiary/aromatic N) is 3. The first-order chi connectivity index (χ1) is 9.83. The Labute approximate surface area is 121 Å². The highest BCUT2D eigenvalue weighted by molar-refractivity contribution is 7.09. The smallest absolute Gasteiger partial charge is 0.107 e. The first-order valence-electron chi connectivity index (χ1n) is 6.37. The summed E-state index contributed by atoms with van der Waals surface area (Å²) in [5.41, 5.74) is 4.27. The van der Waals surface area contributed by atoms with E-state index < -0.39 is 0 Å². The molecule has 0 amide bonds. The van der Waals surface area contributed by atoms with Crippen LogP contribution in [-0.4, -0.2) is 20.2 Å². The third-order valence-electron chi connectivity index (χ3n) is 2.93. The van der Waals surface area contributed by atoms with Crippen LogP contribution < -0.4 is 5.32 Å². The van der Waals surface area contributed by atoms with Gasteiger partial charge in [0, 0.05) is 47.7 Å². The molecule has 102 valence electrons. The van der Waals surface area contributed by atoms with Gasteiger partial charge in [-0.15, -0.1) is 11.3 Å². The highest BCUT2D eigenvalue weighted by Crippen LogP contribution is 2.19. The lowest BCUT2D eigenvalue weighted by Crippen LogP contribution is -2.12. The number of rotatable bonds is 5. The van der Waals surface area contributed by atoms with Crippen LogP contribution in [0.25, 0.3) is 11.3 Å². The Hall–Kier alpha value is -2.05. The third-order valence-corrected chi connectivity index (χ3v) is 3.89. The van der Waals surface area contributed by atoms with Crippen LogP contribution in [-0.2, 0) is 13.1 Å². The van der Waals surface area contributed by atoms with Gasteiger partial charge in [-0.05, 0) is 19.1 Å². The quantitative estimate of drug-likeness (QED) is 0.756. The van der Waals surface area contributed by atoms with E-state index in [4.69, 9.17) is 0 Å². The summed E-state index contributed by atoms with van der Waals surface area (Å²) < 4.78 is 0. The maximum Gasteiger partial charge on any atom is 0.107 e. The summed E-state index contributed by atoms with van der Waals surface area (Å²) in [5, 5.41) is 13.7. The Kier molecular flexibility index (Phi) is 3.85. The van der Waals surface area contributed by atoms with Crippen molar-refractivity contribution < 1.29 is 0 Å². The minimum atomic E-state index is 0.749. The first-order valence-corrected chi connectivity index (χ1v) is 7.25. The van der Waals surface area contributed by atoms with Crippen molar-refractivity contribution in [3.63, 3.8) is 0 Å². The largest absolute Gasteiger partial charge is 0.306 e. The Bertz CT molecular complexity index is 674. The summed E-state index contributed by atoms with van der Waals surface area (Å²) in [6.07, 6.45) is 5.45. The molecule has 0 saturated heterocycles. The number of hydrogen-bond donors (Lipinski definition) is 2. The maximum absolute atomic E-state index is 4.43. The fourth-order valence-corrected chi connectivity index (χ4v) is 2.74. The summed E-state index contributed by atoms with van der Waals surface area (Å²) in [4.78, 5) is 8.57. The van der Waals surface area contributed by atoms with Crippen LogP contribution in [0.5, 0.6) is 0 Å². The molecule has 6 heteroatoms. The molecule has 2 N–H and O–H groups in total. The zero-order chi connectivity index (χ0) is 13.8. The molecule has 0 atom stereocenters. The molecule has 0 radical (unpaired) electrons. The van der Waals surface area contributed by atoms with Gasteiger partial charge in [0.2, 0.25) is 0 Å². The summed E-state index contributed by atoms with van der Waals surface area (Å²) in [6, 6.07) is 3.94. The Morgan fingerprint density at radius 1 is 1.30 bits per heavy atom. The maximum atomic E-state index is 4.43. The van der Waals surface area contributed by atoms with Crippen molar-refractivity contribution in [2.24, 2.45) is 0 Å². The molecular weight excluding hydrogens is 270 g/mol. The average Bonchev–Trinajstić information content (AvgIpc) is 3.09. The minimum Gasteiger partial charge on any atom is -0.306 e. The monoisotopic (exact) mass is 285 g/mol. The molecule has 3 aromatic heterocycles. The van der Waals surface area contributed by atoms with E-state index in [0.717, 1.165) is 40.6 Å². The summed E-state index contributed by atoms with van der Waals surface area (Å²) in [6.45, 7) is 3.53. The van der Waals surface area contributed by atoms with Crippen LogP contribution in [0.1, 0.15) is 16.3 Å². The molecule has 5 nitrogen and oxygen atoms in total. The SMILES string of the molecule is Cc1csc(CNCc2cn[nH]c2-c2cccnc2)n1. The lowest BCUT2D eigenvalue weighted by atomic mass is 10.1. The van der Waals surface area contributed by atoms with Crippen molar-refractivity contribution in [1.82, 2.24) is 25.5 Å². The van der Waals surface area contributed by atoms with Crippen LogP contribution in [0.2, 0.25) is 0 Å². The summed E-state index contributed by atoms with van der Waals surface area (Å²) >= 11 is 1.68. The number of aromatic amines is 1. The second-order valence-corrected chi connectivity index (χ2v) is 5.44. The van der Waals surface area contributed by atoms with Crippen molar-refractivity contribution in [2.45, 2.75) is 20.0 Å². The minimum absolute atomic E-state index is 0.749. The van der Waals surface area contributed by atoms with Crippen LogP contribution >= 0.6 is 11.3 Å². The van der Waals surface area contributed by atoms with Gasteiger partial charge in [-0.25, -0.2) is 4.98 Å². The van der Waals surface area contributed by atoms with Gasteiger partial charge in [-0.2, -0.15) is 5.10 Å². The normalized spacial score (nSPS) is 10.8. The zero-order valence-corrected chi connectivity index (χ0v) is 11.9. The van der Waals surface area contributed by atoms with Gasteiger partial charge in [0.05, 0.1) is 11.9 Å². The molecule has 0 aliphatic heterocycles. The number of aryl methyl sites for hydroxylation is 1. The number of H-pyrrole nitrogens is 1. The lowest BCUT2D eigenvalue weighted by molar-refractivity contribution is 0.690. The van der Waals surface area contributed by atoms with Gasteiger partial charge in [0.25, 0.3) is 0 Å². The van der Waals surface area contributed by atoms with Gasteiger partial charge >= 0.3 is 0 Å². The van der Waals surface area contributed by atoms with Crippen molar-refractivity contribution in [2.75, 3.05) is 0 Å².